The molecule has 6 nitrogen and oxygen atoms in total. The number of nitrogens with one attached hydrogen (secondary N) is 2. The topological polar surface area (TPSA) is 80.1 Å². The van der Waals surface area contributed by atoms with Crippen molar-refractivity contribution in [2.75, 3.05) is 18.4 Å². The lowest BCUT2D eigenvalue weighted by Crippen LogP contribution is -2.51. The van der Waals surface area contributed by atoms with Gasteiger partial charge in [-0.3, -0.25) is 0 Å². The summed E-state index contributed by atoms with van der Waals surface area (Å²) in [6.45, 7) is 1.86. The molecule has 0 amide bonds. The lowest BCUT2D eigenvalue weighted by molar-refractivity contribution is -0.389. The molecule has 1 fully saturated rings. The van der Waals surface area contributed by atoms with Gasteiger partial charge in [-0.05, 0) is 16.0 Å². The summed E-state index contributed by atoms with van der Waals surface area (Å²) in [5, 5.41) is 16.6. The molecule has 6 heteroatoms. The molecule has 0 bridgehead atoms. The molecule has 0 saturated carbocycles. The first-order valence-corrected chi connectivity index (χ1v) is 4.33. The summed E-state index contributed by atoms with van der Waals surface area (Å²) < 4.78 is 0. The van der Waals surface area contributed by atoms with Crippen LogP contribution in [0.5, 0.6) is 0 Å². The third-order valence-electron chi connectivity index (χ3n) is 2.09. The highest BCUT2D eigenvalue weighted by Crippen LogP contribution is 2.13. The third-order valence-corrected chi connectivity index (χ3v) is 2.09. The van der Waals surface area contributed by atoms with E-state index < -0.39 is 4.92 Å². The molecule has 2 heterocycles. The monoisotopic (exact) mass is 194 g/mol. The van der Waals surface area contributed by atoms with Crippen molar-refractivity contribution in [2.45, 2.75) is 6.04 Å². The summed E-state index contributed by atoms with van der Waals surface area (Å²) in [5.74, 6) is -0.123. The van der Waals surface area contributed by atoms with Gasteiger partial charge in [-0.15, -0.1) is 0 Å². The minimum Gasteiger partial charge on any atom is -0.377 e. The average molecular weight is 194 g/mol. The average Bonchev–Trinajstić information content (AvgIpc) is 2.12. The second-order valence-corrected chi connectivity index (χ2v) is 3.16. The van der Waals surface area contributed by atoms with E-state index in [9.17, 15) is 10.1 Å². The van der Waals surface area contributed by atoms with Crippen LogP contribution in [0.1, 0.15) is 0 Å². The van der Waals surface area contributed by atoms with Gasteiger partial charge in [0.05, 0.1) is 11.7 Å². The van der Waals surface area contributed by atoms with Gasteiger partial charge in [0.1, 0.15) is 0 Å². The fraction of sp³-hybridized carbons (Fsp3) is 0.375. The molecule has 0 atom stereocenters. The molecule has 1 aromatic heterocycles. The van der Waals surface area contributed by atoms with Crippen LogP contribution in [0, 0.1) is 10.1 Å². The Labute approximate surface area is 80.5 Å². The Kier molecular flexibility index (Phi) is 2.28. The summed E-state index contributed by atoms with van der Waals surface area (Å²) in [6, 6.07) is 3.48. The van der Waals surface area contributed by atoms with E-state index >= 15 is 0 Å². The van der Waals surface area contributed by atoms with Crippen LogP contribution >= 0.6 is 0 Å². The van der Waals surface area contributed by atoms with Crippen molar-refractivity contribution in [1.82, 2.24) is 10.3 Å². The summed E-state index contributed by atoms with van der Waals surface area (Å²) >= 11 is 0. The molecule has 1 aliphatic rings. The Bertz CT molecular complexity index is 334. The molecule has 0 unspecified atom stereocenters. The number of nitro groups is 1. The minimum atomic E-state index is -0.505. The standard InChI is InChI=1S/C8H10N4O2/c13-12(14)8-2-1-6(5-10-8)11-7-3-9-4-7/h1-2,5,7,9,11H,3-4H2. The fourth-order valence-corrected chi connectivity index (χ4v) is 1.21. The van der Waals surface area contributed by atoms with E-state index in [4.69, 9.17) is 0 Å². The molecule has 1 saturated heterocycles. The number of anilines is 1. The molecule has 74 valence electrons. The van der Waals surface area contributed by atoms with Crippen LogP contribution in [0.15, 0.2) is 18.3 Å². The largest absolute Gasteiger partial charge is 0.377 e. The summed E-state index contributed by atoms with van der Waals surface area (Å²) in [6.07, 6.45) is 1.48. The number of rotatable bonds is 3. The van der Waals surface area contributed by atoms with Crippen molar-refractivity contribution in [2.24, 2.45) is 0 Å². The van der Waals surface area contributed by atoms with E-state index in [0.717, 1.165) is 18.8 Å². The molecule has 2 rings (SSSR count). The first-order valence-electron chi connectivity index (χ1n) is 4.33. The van der Waals surface area contributed by atoms with E-state index in [2.05, 4.69) is 15.6 Å². The van der Waals surface area contributed by atoms with Gasteiger partial charge in [-0.2, -0.15) is 0 Å². The first kappa shape index (κ1) is 8.89. The normalized spacial score (nSPS) is 16.0. The van der Waals surface area contributed by atoms with Gasteiger partial charge in [-0.25, -0.2) is 0 Å². The summed E-state index contributed by atoms with van der Waals surface area (Å²) in [7, 11) is 0. The molecule has 0 aromatic carbocycles. The molecular weight excluding hydrogens is 184 g/mol. The maximum atomic E-state index is 10.3. The van der Waals surface area contributed by atoms with Crippen molar-refractivity contribution in [3.05, 3.63) is 28.4 Å². The smallest absolute Gasteiger partial charge is 0.363 e. The molecule has 1 aromatic rings. The number of nitrogens with zero attached hydrogens (tertiary/aromatic N) is 2. The van der Waals surface area contributed by atoms with E-state index in [1.807, 2.05) is 0 Å². The SMILES string of the molecule is O=[N+]([O-])c1ccc(NC2CNC2)cn1. The van der Waals surface area contributed by atoms with E-state index in [1.54, 1.807) is 6.07 Å². The molecule has 14 heavy (non-hydrogen) atoms. The number of pyridine rings is 1. The number of hydrogen-bond acceptors (Lipinski definition) is 5. The van der Waals surface area contributed by atoms with Gasteiger partial charge in [0.2, 0.25) is 0 Å². The number of aromatic nitrogens is 1. The van der Waals surface area contributed by atoms with Gasteiger partial charge in [-0.1, -0.05) is 0 Å². The molecule has 0 aliphatic carbocycles. The molecule has 0 radical (unpaired) electrons. The van der Waals surface area contributed by atoms with Gasteiger partial charge >= 0.3 is 5.82 Å². The first-order chi connectivity index (χ1) is 6.75. The highest BCUT2D eigenvalue weighted by atomic mass is 16.6. The maximum absolute atomic E-state index is 10.3. The molecule has 1 aliphatic heterocycles. The zero-order valence-corrected chi connectivity index (χ0v) is 7.43. The van der Waals surface area contributed by atoms with Crippen LogP contribution in [0.2, 0.25) is 0 Å². The summed E-state index contributed by atoms with van der Waals surface area (Å²) in [4.78, 5) is 13.5. The van der Waals surface area contributed by atoms with Gasteiger partial charge in [0, 0.05) is 19.2 Å². The van der Waals surface area contributed by atoms with Crippen molar-refractivity contribution in [1.29, 1.82) is 0 Å². The highest BCUT2D eigenvalue weighted by Gasteiger charge is 2.16. The predicted octanol–water partition coefficient (Wildman–Crippen LogP) is 0.373. The maximum Gasteiger partial charge on any atom is 0.363 e. The van der Waals surface area contributed by atoms with Crippen molar-refractivity contribution < 1.29 is 4.92 Å². The second-order valence-electron chi connectivity index (χ2n) is 3.16. The highest BCUT2D eigenvalue weighted by molar-refractivity contribution is 5.44. The van der Waals surface area contributed by atoms with Crippen molar-refractivity contribution >= 4 is 11.5 Å². The van der Waals surface area contributed by atoms with Crippen LogP contribution in [0.3, 0.4) is 0 Å². The minimum absolute atomic E-state index is 0.123. The number of hydrogen-bond donors (Lipinski definition) is 2. The Hall–Kier alpha value is -1.69. The van der Waals surface area contributed by atoms with Crippen LogP contribution in [-0.4, -0.2) is 29.0 Å². The Morgan fingerprint density at radius 3 is 2.79 bits per heavy atom. The van der Waals surface area contributed by atoms with Gasteiger partial charge < -0.3 is 20.7 Å². The van der Waals surface area contributed by atoms with E-state index in [0.29, 0.717) is 6.04 Å². The van der Waals surface area contributed by atoms with Gasteiger partial charge in [0.15, 0.2) is 6.20 Å². The molecule has 2 N–H and O–H groups in total. The second kappa shape index (κ2) is 3.59. The van der Waals surface area contributed by atoms with Crippen LogP contribution in [-0.2, 0) is 0 Å². The molecular formula is C8H10N4O2. The zero-order chi connectivity index (χ0) is 9.97. The quantitative estimate of drug-likeness (QED) is 0.537. The fourth-order valence-electron chi connectivity index (χ4n) is 1.21. The molecule has 0 spiro atoms. The Morgan fingerprint density at radius 1 is 1.57 bits per heavy atom. The summed E-state index contributed by atoms with van der Waals surface area (Å²) in [5.41, 5.74) is 0.821. The third kappa shape index (κ3) is 1.80. The van der Waals surface area contributed by atoms with Crippen LogP contribution < -0.4 is 10.6 Å². The Morgan fingerprint density at radius 2 is 2.36 bits per heavy atom. The van der Waals surface area contributed by atoms with E-state index in [1.165, 1.54) is 12.3 Å². The lowest BCUT2D eigenvalue weighted by atomic mass is 10.2. The predicted molar refractivity (Wildman–Crippen MR) is 51.2 cm³/mol. The van der Waals surface area contributed by atoms with Gasteiger partial charge in [0.25, 0.3) is 0 Å². The van der Waals surface area contributed by atoms with Crippen LogP contribution in [0.4, 0.5) is 11.5 Å². The van der Waals surface area contributed by atoms with Crippen molar-refractivity contribution in [3.63, 3.8) is 0 Å². The van der Waals surface area contributed by atoms with E-state index in [-0.39, 0.29) is 5.82 Å². The Balaban J connectivity index is 2.01. The van der Waals surface area contributed by atoms with Crippen LogP contribution in [0.25, 0.3) is 0 Å². The zero-order valence-electron chi connectivity index (χ0n) is 7.43. The van der Waals surface area contributed by atoms with Crippen molar-refractivity contribution in [3.8, 4) is 0 Å². The lowest BCUT2D eigenvalue weighted by Gasteiger charge is -2.28.